The third kappa shape index (κ3) is 2.32. The second-order valence-corrected chi connectivity index (χ2v) is 4.44. The number of hydrogen-bond donors (Lipinski definition) is 0. The Hall–Kier alpha value is -2.86. The average molecular weight is 259 g/mol. The van der Waals surface area contributed by atoms with E-state index in [1.165, 1.54) is 0 Å². The van der Waals surface area contributed by atoms with Gasteiger partial charge in [-0.25, -0.2) is 4.68 Å². The van der Waals surface area contributed by atoms with Crippen LogP contribution in [0.4, 0.5) is 0 Å². The SMILES string of the molecule is C#Cc1c(-c2ccccc2)nnn1Cc1ccccc1. The third-order valence-corrected chi connectivity index (χ3v) is 3.09. The molecule has 0 aliphatic rings. The molecule has 1 heterocycles. The van der Waals surface area contributed by atoms with E-state index < -0.39 is 0 Å². The Morgan fingerprint density at radius 1 is 0.950 bits per heavy atom. The standard InChI is InChI=1S/C17H13N3/c1-2-16-17(15-11-7-4-8-12-15)18-19-20(16)13-14-9-5-3-6-10-14/h1,3-12H,13H2. The third-order valence-electron chi connectivity index (χ3n) is 3.09. The number of terminal acetylenes is 1. The summed E-state index contributed by atoms with van der Waals surface area (Å²) in [6, 6.07) is 19.9. The Balaban J connectivity index is 1.99. The Morgan fingerprint density at radius 3 is 2.25 bits per heavy atom. The first-order valence-corrected chi connectivity index (χ1v) is 6.38. The van der Waals surface area contributed by atoms with Crippen LogP contribution in [0, 0.1) is 12.3 Å². The quantitative estimate of drug-likeness (QED) is 0.677. The first kappa shape index (κ1) is 12.2. The lowest BCUT2D eigenvalue weighted by atomic mass is 10.1. The number of aromatic nitrogens is 3. The van der Waals surface area contributed by atoms with E-state index in [0.717, 1.165) is 16.8 Å². The van der Waals surface area contributed by atoms with Gasteiger partial charge in [0, 0.05) is 5.56 Å². The average Bonchev–Trinajstić information content (AvgIpc) is 2.92. The van der Waals surface area contributed by atoms with Crippen LogP contribution in [0.25, 0.3) is 11.3 Å². The van der Waals surface area contributed by atoms with E-state index in [0.29, 0.717) is 12.2 Å². The lowest BCUT2D eigenvalue weighted by Gasteiger charge is -2.03. The van der Waals surface area contributed by atoms with Gasteiger partial charge in [-0.15, -0.1) is 11.5 Å². The summed E-state index contributed by atoms with van der Waals surface area (Å²) < 4.78 is 1.76. The van der Waals surface area contributed by atoms with Crippen molar-refractivity contribution in [2.24, 2.45) is 0 Å². The molecular weight excluding hydrogens is 246 g/mol. The highest BCUT2D eigenvalue weighted by atomic mass is 15.4. The van der Waals surface area contributed by atoms with E-state index >= 15 is 0 Å². The van der Waals surface area contributed by atoms with E-state index in [1.54, 1.807) is 4.68 Å². The van der Waals surface area contributed by atoms with Gasteiger partial charge in [-0.1, -0.05) is 65.9 Å². The highest BCUT2D eigenvalue weighted by Gasteiger charge is 2.12. The topological polar surface area (TPSA) is 30.7 Å². The molecule has 0 radical (unpaired) electrons. The van der Waals surface area contributed by atoms with Crippen LogP contribution in [0.15, 0.2) is 60.7 Å². The van der Waals surface area contributed by atoms with Gasteiger partial charge in [0.05, 0.1) is 6.54 Å². The molecule has 0 unspecified atom stereocenters. The van der Waals surface area contributed by atoms with Crippen LogP contribution in [-0.2, 0) is 6.54 Å². The van der Waals surface area contributed by atoms with Crippen LogP contribution in [0.3, 0.4) is 0 Å². The van der Waals surface area contributed by atoms with Crippen molar-refractivity contribution in [1.82, 2.24) is 15.0 Å². The molecule has 0 atom stereocenters. The molecule has 0 spiro atoms. The molecule has 96 valence electrons. The van der Waals surface area contributed by atoms with Crippen LogP contribution >= 0.6 is 0 Å². The predicted molar refractivity (Wildman–Crippen MR) is 78.9 cm³/mol. The number of nitrogens with zero attached hydrogens (tertiary/aromatic N) is 3. The van der Waals surface area contributed by atoms with Crippen LogP contribution in [-0.4, -0.2) is 15.0 Å². The fraction of sp³-hybridized carbons (Fsp3) is 0.0588. The number of rotatable bonds is 3. The maximum Gasteiger partial charge on any atom is 0.139 e. The summed E-state index contributed by atoms with van der Waals surface area (Å²) in [4.78, 5) is 0. The van der Waals surface area contributed by atoms with E-state index in [4.69, 9.17) is 6.42 Å². The zero-order chi connectivity index (χ0) is 13.8. The highest BCUT2D eigenvalue weighted by molar-refractivity contribution is 5.64. The number of hydrogen-bond acceptors (Lipinski definition) is 2. The van der Waals surface area contributed by atoms with Gasteiger partial charge < -0.3 is 0 Å². The summed E-state index contributed by atoms with van der Waals surface area (Å²) in [7, 11) is 0. The monoisotopic (exact) mass is 259 g/mol. The second-order valence-electron chi connectivity index (χ2n) is 4.44. The van der Waals surface area contributed by atoms with Gasteiger partial charge >= 0.3 is 0 Å². The summed E-state index contributed by atoms with van der Waals surface area (Å²) >= 11 is 0. The minimum absolute atomic E-state index is 0.625. The summed E-state index contributed by atoms with van der Waals surface area (Å²) in [6.45, 7) is 0.625. The van der Waals surface area contributed by atoms with Gasteiger partial charge in [-0.3, -0.25) is 0 Å². The molecule has 1 aromatic heterocycles. The Morgan fingerprint density at radius 2 is 1.60 bits per heavy atom. The zero-order valence-electron chi connectivity index (χ0n) is 10.9. The molecule has 0 aliphatic heterocycles. The fourth-order valence-corrected chi connectivity index (χ4v) is 2.11. The molecule has 3 heteroatoms. The highest BCUT2D eigenvalue weighted by Crippen LogP contribution is 2.20. The predicted octanol–water partition coefficient (Wildman–Crippen LogP) is 2.97. The Labute approximate surface area is 117 Å². The van der Waals surface area contributed by atoms with Gasteiger partial charge in [-0.2, -0.15) is 0 Å². The van der Waals surface area contributed by atoms with E-state index in [1.807, 2.05) is 60.7 Å². The van der Waals surface area contributed by atoms with E-state index in [2.05, 4.69) is 16.2 Å². The van der Waals surface area contributed by atoms with Crippen LogP contribution in [0.1, 0.15) is 11.3 Å². The molecule has 0 fully saturated rings. The molecule has 0 saturated carbocycles. The Bertz CT molecular complexity index is 737. The van der Waals surface area contributed by atoms with Crippen LogP contribution in [0.2, 0.25) is 0 Å². The molecular formula is C17H13N3. The molecule has 2 aromatic carbocycles. The Kier molecular flexibility index (Phi) is 3.30. The van der Waals surface area contributed by atoms with Crippen molar-refractivity contribution < 1.29 is 0 Å². The maximum atomic E-state index is 5.64. The molecule has 0 bridgehead atoms. The van der Waals surface area contributed by atoms with E-state index in [-0.39, 0.29) is 0 Å². The van der Waals surface area contributed by atoms with Crippen molar-refractivity contribution in [3.8, 4) is 23.6 Å². The lowest BCUT2D eigenvalue weighted by molar-refractivity contribution is 0.644. The van der Waals surface area contributed by atoms with Crippen molar-refractivity contribution in [1.29, 1.82) is 0 Å². The maximum absolute atomic E-state index is 5.64. The minimum atomic E-state index is 0.625. The first-order chi connectivity index (χ1) is 9.88. The van der Waals surface area contributed by atoms with Crippen molar-refractivity contribution >= 4 is 0 Å². The van der Waals surface area contributed by atoms with Gasteiger partial charge in [-0.05, 0) is 11.5 Å². The lowest BCUT2D eigenvalue weighted by Crippen LogP contribution is -2.04. The summed E-state index contributed by atoms with van der Waals surface area (Å²) in [6.07, 6.45) is 5.64. The summed E-state index contributed by atoms with van der Waals surface area (Å²) in [5.41, 5.74) is 3.59. The van der Waals surface area contributed by atoms with E-state index in [9.17, 15) is 0 Å². The normalized spacial score (nSPS) is 10.2. The first-order valence-electron chi connectivity index (χ1n) is 6.38. The van der Waals surface area contributed by atoms with Crippen LogP contribution in [0.5, 0.6) is 0 Å². The molecule has 0 amide bonds. The van der Waals surface area contributed by atoms with Gasteiger partial charge in [0.2, 0.25) is 0 Å². The molecule has 0 aliphatic carbocycles. The van der Waals surface area contributed by atoms with Crippen molar-refractivity contribution in [3.63, 3.8) is 0 Å². The molecule has 0 saturated heterocycles. The second kappa shape index (κ2) is 5.41. The molecule has 3 rings (SSSR count). The van der Waals surface area contributed by atoms with Gasteiger partial charge in [0.25, 0.3) is 0 Å². The van der Waals surface area contributed by atoms with Crippen molar-refractivity contribution in [2.45, 2.75) is 6.54 Å². The smallest absolute Gasteiger partial charge is 0.139 e. The summed E-state index contributed by atoms with van der Waals surface area (Å²) in [5.74, 6) is 2.70. The van der Waals surface area contributed by atoms with Crippen LogP contribution < -0.4 is 0 Å². The molecule has 3 nitrogen and oxygen atoms in total. The van der Waals surface area contributed by atoms with Crippen molar-refractivity contribution in [3.05, 3.63) is 71.9 Å². The van der Waals surface area contributed by atoms with Gasteiger partial charge in [0.1, 0.15) is 11.4 Å². The molecule has 20 heavy (non-hydrogen) atoms. The summed E-state index contributed by atoms with van der Waals surface area (Å²) in [5, 5.41) is 8.41. The fourth-order valence-electron chi connectivity index (χ4n) is 2.11. The number of benzene rings is 2. The molecule has 0 N–H and O–H groups in total. The largest absolute Gasteiger partial charge is 0.232 e. The van der Waals surface area contributed by atoms with Crippen molar-refractivity contribution in [2.75, 3.05) is 0 Å². The van der Waals surface area contributed by atoms with Gasteiger partial charge in [0.15, 0.2) is 0 Å². The zero-order valence-corrected chi connectivity index (χ0v) is 10.9. The molecule has 3 aromatic rings. The minimum Gasteiger partial charge on any atom is -0.232 e.